The summed E-state index contributed by atoms with van der Waals surface area (Å²) in [4.78, 5) is 10.9. The Balaban J connectivity index is 2.17. The zero-order chi connectivity index (χ0) is 10.6. The van der Waals surface area contributed by atoms with Gasteiger partial charge in [-0.1, -0.05) is 46.5 Å². The largest absolute Gasteiger partial charge is 0.300 e. The maximum absolute atomic E-state index is 10.9. The molecule has 0 N–H and O–H groups in total. The van der Waals surface area contributed by atoms with Gasteiger partial charge in [0.15, 0.2) is 0 Å². The Hall–Kier alpha value is -0.330. The zero-order valence-electron chi connectivity index (χ0n) is 9.94. The molecule has 82 valence electrons. The molecule has 1 aliphatic carbocycles. The van der Waals surface area contributed by atoms with Crippen LogP contribution in [0, 0.1) is 11.3 Å². The van der Waals surface area contributed by atoms with Gasteiger partial charge in [-0.15, -0.1) is 0 Å². The molecular weight excluding hydrogens is 172 g/mol. The third kappa shape index (κ3) is 3.11. The minimum absolute atomic E-state index is 0.404. The van der Waals surface area contributed by atoms with Crippen molar-refractivity contribution in [2.45, 2.75) is 65.7 Å². The summed E-state index contributed by atoms with van der Waals surface area (Å²) >= 11 is 0. The van der Waals surface area contributed by atoms with Crippen molar-refractivity contribution >= 4 is 5.78 Å². The van der Waals surface area contributed by atoms with Crippen molar-refractivity contribution in [1.82, 2.24) is 0 Å². The van der Waals surface area contributed by atoms with Gasteiger partial charge < -0.3 is 0 Å². The Morgan fingerprint density at radius 1 is 1.21 bits per heavy atom. The SMILES string of the molecule is CCCCCCC(C)(C)C1CC(=O)C1. The van der Waals surface area contributed by atoms with E-state index in [4.69, 9.17) is 0 Å². The van der Waals surface area contributed by atoms with Crippen LogP contribution in [0.25, 0.3) is 0 Å². The molecule has 1 nitrogen and oxygen atoms in total. The van der Waals surface area contributed by atoms with Crippen molar-refractivity contribution in [3.8, 4) is 0 Å². The molecule has 14 heavy (non-hydrogen) atoms. The van der Waals surface area contributed by atoms with E-state index in [9.17, 15) is 4.79 Å². The van der Waals surface area contributed by atoms with Gasteiger partial charge in [0.25, 0.3) is 0 Å². The lowest BCUT2D eigenvalue weighted by atomic mass is 9.65. The molecule has 0 aromatic heterocycles. The third-order valence-corrected chi connectivity index (χ3v) is 3.73. The third-order valence-electron chi connectivity index (χ3n) is 3.73. The number of rotatable bonds is 6. The van der Waals surface area contributed by atoms with Gasteiger partial charge in [-0.05, 0) is 17.8 Å². The Morgan fingerprint density at radius 3 is 2.36 bits per heavy atom. The highest BCUT2D eigenvalue weighted by Gasteiger charge is 2.38. The fourth-order valence-electron chi connectivity index (χ4n) is 2.25. The summed E-state index contributed by atoms with van der Waals surface area (Å²) in [6.45, 7) is 6.90. The lowest BCUT2D eigenvalue weighted by molar-refractivity contribution is -0.130. The van der Waals surface area contributed by atoms with Crippen LogP contribution in [0.1, 0.15) is 65.7 Å². The van der Waals surface area contributed by atoms with Gasteiger partial charge in [0, 0.05) is 12.8 Å². The maximum Gasteiger partial charge on any atom is 0.133 e. The molecule has 0 spiro atoms. The molecule has 1 heteroatoms. The average molecular weight is 196 g/mol. The van der Waals surface area contributed by atoms with E-state index in [1.807, 2.05) is 0 Å². The molecule has 0 aliphatic heterocycles. The lowest BCUT2D eigenvalue weighted by Crippen LogP contribution is -2.35. The van der Waals surface area contributed by atoms with Crippen LogP contribution in [0.5, 0.6) is 0 Å². The first-order valence-electron chi connectivity index (χ1n) is 6.08. The molecule has 0 bridgehead atoms. The predicted octanol–water partition coefficient (Wildman–Crippen LogP) is 3.96. The summed E-state index contributed by atoms with van der Waals surface area (Å²) < 4.78 is 0. The van der Waals surface area contributed by atoms with Crippen LogP contribution in [0.2, 0.25) is 0 Å². The number of unbranched alkanes of at least 4 members (excludes halogenated alkanes) is 3. The molecule has 0 saturated heterocycles. The van der Waals surface area contributed by atoms with Crippen molar-refractivity contribution in [3.05, 3.63) is 0 Å². The first-order valence-corrected chi connectivity index (χ1v) is 6.08. The van der Waals surface area contributed by atoms with Gasteiger partial charge in [0.2, 0.25) is 0 Å². The van der Waals surface area contributed by atoms with Crippen LogP contribution in [-0.4, -0.2) is 5.78 Å². The molecule has 0 aromatic rings. The standard InChI is InChI=1S/C13H24O/c1-4-5-6-7-8-13(2,3)11-9-12(14)10-11/h11H,4-10H2,1-3H3. The molecular formula is C13H24O. The minimum atomic E-state index is 0.404. The molecule has 1 rings (SSSR count). The second kappa shape index (κ2) is 4.95. The molecule has 0 heterocycles. The van der Waals surface area contributed by atoms with E-state index < -0.39 is 0 Å². The van der Waals surface area contributed by atoms with E-state index >= 15 is 0 Å². The average Bonchev–Trinajstić information content (AvgIpc) is 2.07. The molecule has 1 fully saturated rings. The molecule has 0 amide bonds. The van der Waals surface area contributed by atoms with E-state index in [0.717, 1.165) is 12.8 Å². The Labute approximate surface area is 88.3 Å². The summed E-state index contributed by atoms with van der Waals surface area (Å²) in [6.07, 6.45) is 8.36. The highest BCUT2D eigenvalue weighted by Crippen LogP contribution is 2.42. The van der Waals surface area contributed by atoms with Gasteiger partial charge in [0.05, 0.1) is 0 Å². The second-order valence-corrected chi connectivity index (χ2v) is 5.44. The van der Waals surface area contributed by atoms with E-state index in [-0.39, 0.29) is 0 Å². The topological polar surface area (TPSA) is 17.1 Å². The van der Waals surface area contributed by atoms with E-state index in [1.165, 1.54) is 32.1 Å². The summed E-state index contributed by atoms with van der Waals surface area (Å²) in [5.41, 5.74) is 0.404. The molecule has 0 atom stereocenters. The highest BCUT2D eigenvalue weighted by molar-refractivity contribution is 5.84. The number of Topliss-reactive ketones (excluding diaryl/α,β-unsaturated/α-hetero) is 1. The first kappa shape index (κ1) is 11.7. The molecule has 0 radical (unpaired) electrons. The van der Waals surface area contributed by atoms with Crippen LogP contribution in [0.15, 0.2) is 0 Å². The van der Waals surface area contributed by atoms with Crippen LogP contribution >= 0.6 is 0 Å². The maximum atomic E-state index is 10.9. The van der Waals surface area contributed by atoms with Gasteiger partial charge in [-0.2, -0.15) is 0 Å². The van der Waals surface area contributed by atoms with Crippen molar-refractivity contribution in [3.63, 3.8) is 0 Å². The van der Waals surface area contributed by atoms with E-state index in [0.29, 0.717) is 17.1 Å². The molecule has 0 unspecified atom stereocenters. The summed E-state index contributed by atoms with van der Waals surface area (Å²) in [5, 5.41) is 0. The minimum Gasteiger partial charge on any atom is -0.300 e. The fraction of sp³-hybridized carbons (Fsp3) is 0.923. The number of hydrogen-bond acceptors (Lipinski definition) is 1. The number of carbonyl (C=O) groups is 1. The van der Waals surface area contributed by atoms with Gasteiger partial charge in [-0.3, -0.25) is 4.79 Å². The molecule has 1 aliphatic rings. The fourth-order valence-corrected chi connectivity index (χ4v) is 2.25. The smallest absolute Gasteiger partial charge is 0.133 e. The lowest BCUT2D eigenvalue weighted by Gasteiger charge is -2.39. The summed E-state index contributed by atoms with van der Waals surface area (Å²) in [6, 6.07) is 0. The summed E-state index contributed by atoms with van der Waals surface area (Å²) in [5.74, 6) is 1.15. The Morgan fingerprint density at radius 2 is 1.86 bits per heavy atom. The van der Waals surface area contributed by atoms with Crippen LogP contribution in [0.4, 0.5) is 0 Å². The number of hydrogen-bond donors (Lipinski definition) is 0. The van der Waals surface area contributed by atoms with Crippen molar-refractivity contribution in [2.75, 3.05) is 0 Å². The quantitative estimate of drug-likeness (QED) is 0.588. The van der Waals surface area contributed by atoms with Crippen LogP contribution in [-0.2, 0) is 4.79 Å². The van der Waals surface area contributed by atoms with E-state index in [2.05, 4.69) is 20.8 Å². The first-order chi connectivity index (χ1) is 6.56. The van der Waals surface area contributed by atoms with Crippen LogP contribution < -0.4 is 0 Å². The monoisotopic (exact) mass is 196 g/mol. The Bertz CT molecular complexity index is 185. The summed E-state index contributed by atoms with van der Waals surface area (Å²) in [7, 11) is 0. The van der Waals surface area contributed by atoms with Crippen molar-refractivity contribution < 1.29 is 4.79 Å². The highest BCUT2D eigenvalue weighted by atomic mass is 16.1. The second-order valence-electron chi connectivity index (χ2n) is 5.44. The van der Waals surface area contributed by atoms with Crippen molar-refractivity contribution in [2.24, 2.45) is 11.3 Å². The Kier molecular flexibility index (Phi) is 4.15. The predicted molar refractivity (Wildman–Crippen MR) is 60.3 cm³/mol. The van der Waals surface area contributed by atoms with E-state index in [1.54, 1.807) is 0 Å². The van der Waals surface area contributed by atoms with Gasteiger partial charge >= 0.3 is 0 Å². The van der Waals surface area contributed by atoms with Crippen molar-refractivity contribution in [1.29, 1.82) is 0 Å². The van der Waals surface area contributed by atoms with Gasteiger partial charge in [-0.25, -0.2) is 0 Å². The number of carbonyl (C=O) groups excluding carboxylic acids is 1. The van der Waals surface area contributed by atoms with Crippen LogP contribution in [0.3, 0.4) is 0 Å². The number of ketones is 1. The zero-order valence-corrected chi connectivity index (χ0v) is 9.94. The molecule has 1 saturated carbocycles. The normalized spacial score (nSPS) is 18.4. The molecule has 0 aromatic carbocycles. The van der Waals surface area contributed by atoms with Gasteiger partial charge in [0.1, 0.15) is 5.78 Å².